The molecule has 0 aromatic rings. The fraction of sp³-hybridized carbons (Fsp3) is 0.909. The number of nitrogens with one attached hydrogen (secondary N) is 1. The lowest BCUT2D eigenvalue weighted by atomic mass is 10.00. The number of hydrogen-bond acceptors (Lipinski definition) is 5. The first-order valence-corrected chi connectivity index (χ1v) is 9.36. The van der Waals surface area contributed by atoms with Gasteiger partial charge < -0.3 is 10.0 Å². The molecule has 1 fully saturated rings. The Kier molecular flexibility index (Phi) is 6.58. The van der Waals surface area contributed by atoms with E-state index in [-0.39, 0.29) is 24.2 Å². The number of carbonyl (C=O) groups is 1. The van der Waals surface area contributed by atoms with Crippen LogP contribution in [0.25, 0.3) is 0 Å². The quantitative estimate of drug-likeness (QED) is 0.631. The first-order valence-electron chi connectivity index (χ1n) is 6.32. The molecule has 1 rings (SSSR count). The Morgan fingerprint density at radius 3 is 2.63 bits per heavy atom. The number of amides is 1. The monoisotopic (exact) mass is 310 g/mol. The van der Waals surface area contributed by atoms with Crippen LogP contribution in [0.3, 0.4) is 0 Å². The van der Waals surface area contributed by atoms with Gasteiger partial charge in [0.05, 0.1) is 5.75 Å². The third-order valence-electron chi connectivity index (χ3n) is 3.14. The summed E-state index contributed by atoms with van der Waals surface area (Å²) in [7, 11) is -3.39. The number of hydrogen-bond donors (Lipinski definition) is 2. The van der Waals surface area contributed by atoms with E-state index in [0.29, 0.717) is 19.5 Å². The van der Waals surface area contributed by atoms with Crippen LogP contribution in [0.2, 0.25) is 0 Å². The molecule has 0 bridgehead atoms. The lowest BCUT2D eigenvalue weighted by Gasteiger charge is -2.40. The summed E-state index contributed by atoms with van der Waals surface area (Å²) in [6.07, 6.45) is 2.40. The highest BCUT2D eigenvalue weighted by atomic mass is 32.2. The average Bonchev–Trinajstić information content (AvgIpc) is 2.33. The third-order valence-corrected chi connectivity index (χ3v) is 5.19. The highest BCUT2D eigenvalue weighted by Crippen LogP contribution is 2.17. The van der Waals surface area contributed by atoms with Crippen LogP contribution in [0.1, 0.15) is 13.3 Å². The van der Waals surface area contributed by atoms with E-state index in [2.05, 4.69) is 4.72 Å². The zero-order valence-corrected chi connectivity index (χ0v) is 13.0. The van der Waals surface area contributed by atoms with Crippen LogP contribution in [-0.4, -0.2) is 67.8 Å². The van der Waals surface area contributed by atoms with E-state index in [4.69, 9.17) is 5.11 Å². The Balaban J connectivity index is 2.61. The molecular formula is C11H22N2O4S2. The number of sulfonamides is 1. The maximum absolute atomic E-state index is 12.2. The number of rotatable bonds is 8. The second-order valence-electron chi connectivity index (χ2n) is 4.65. The van der Waals surface area contributed by atoms with Gasteiger partial charge in [0, 0.05) is 25.6 Å². The number of thioether (sulfide) groups is 1. The third kappa shape index (κ3) is 4.94. The van der Waals surface area contributed by atoms with Gasteiger partial charge in [-0.3, -0.25) is 4.79 Å². The molecule has 8 heteroatoms. The highest BCUT2D eigenvalue weighted by molar-refractivity contribution is 7.98. The van der Waals surface area contributed by atoms with Crippen molar-refractivity contribution in [3.05, 3.63) is 0 Å². The normalized spacial score (nSPS) is 18.2. The average molecular weight is 310 g/mol. The molecule has 6 nitrogen and oxygen atoms in total. The minimum atomic E-state index is -3.39. The van der Waals surface area contributed by atoms with Crippen molar-refractivity contribution >= 4 is 27.7 Å². The lowest BCUT2D eigenvalue weighted by molar-refractivity contribution is -0.140. The summed E-state index contributed by atoms with van der Waals surface area (Å²) in [6, 6.07) is -0.683. The Bertz CT molecular complexity index is 393. The van der Waals surface area contributed by atoms with E-state index >= 15 is 0 Å². The predicted molar refractivity (Wildman–Crippen MR) is 76.5 cm³/mol. The molecular weight excluding hydrogens is 288 g/mol. The first-order chi connectivity index (χ1) is 8.93. The van der Waals surface area contributed by atoms with E-state index in [1.165, 1.54) is 0 Å². The molecule has 0 spiro atoms. The van der Waals surface area contributed by atoms with Gasteiger partial charge in [0.2, 0.25) is 15.9 Å². The van der Waals surface area contributed by atoms with Gasteiger partial charge in [-0.05, 0) is 25.4 Å². The lowest BCUT2D eigenvalue weighted by Crippen LogP contribution is -2.58. The molecule has 1 saturated heterocycles. The molecule has 1 aliphatic heterocycles. The molecule has 0 aromatic carbocycles. The zero-order chi connectivity index (χ0) is 14.5. The van der Waals surface area contributed by atoms with Gasteiger partial charge in [0.25, 0.3) is 0 Å². The Morgan fingerprint density at radius 2 is 2.16 bits per heavy atom. The van der Waals surface area contributed by atoms with Gasteiger partial charge in [-0.1, -0.05) is 0 Å². The van der Waals surface area contributed by atoms with Crippen LogP contribution in [-0.2, 0) is 14.8 Å². The van der Waals surface area contributed by atoms with Gasteiger partial charge in [-0.15, -0.1) is 0 Å². The predicted octanol–water partition coefficient (Wildman–Crippen LogP) is -0.502. The van der Waals surface area contributed by atoms with E-state index < -0.39 is 16.1 Å². The van der Waals surface area contributed by atoms with Crippen molar-refractivity contribution in [2.45, 2.75) is 19.4 Å². The van der Waals surface area contributed by atoms with Crippen LogP contribution >= 0.6 is 11.8 Å². The summed E-state index contributed by atoms with van der Waals surface area (Å²) in [6.45, 7) is 2.64. The topological polar surface area (TPSA) is 86.7 Å². The van der Waals surface area contributed by atoms with Crippen LogP contribution < -0.4 is 4.72 Å². The summed E-state index contributed by atoms with van der Waals surface area (Å²) in [5.41, 5.74) is 0. The summed E-state index contributed by atoms with van der Waals surface area (Å²) in [4.78, 5) is 13.8. The largest absolute Gasteiger partial charge is 0.396 e. The number of carbonyl (C=O) groups excluding carboxylic acids is 1. The standard InChI is InChI=1S/C11H22N2O4S2/c1-3-19(16,17)12-10(4-5-18-2)11(15)13-6-9(7-13)8-14/h9-10,12,14H,3-8H2,1-2H3. The molecule has 1 unspecified atom stereocenters. The van der Waals surface area contributed by atoms with Gasteiger partial charge >= 0.3 is 0 Å². The number of aliphatic hydroxyl groups is 1. The van der Waals surface area contributed by atoms with E-state index in [0.717, 1.165) is 5.75 Å². The molecule has 1 aliphatic rings. The molecule has 1 atom stereocenters. The Labute approximate surface area is 119 Å². The van der Waals surface area contributed by atoms with Gasteiger partial charge in [0.1, 0.15) is 6.04 Å². The van der Waals surface area contributed by atoms with Crippen molar-refractivity contribution in [1.82, 2.24) is 9.62 Å². The molecule has 0 aromatic heterocycles. The molecule has 19 heavy (non-hydrogen) atoms. The van der Waals surface area contributed by atoms with Crippen molar-refractivity contribution < 1.29 is 18.3 Å². The second-order valence-corrected chi connectivity index (χ2v) is 7.68. The Morgan fingerprint density at radius 1 is 1.53 bits per heavy atom. The maximum Gasteiger partial charge on any atom is 0.240 e. The summed E-state index contributed by atoms with van der Waals surface area (Å²) in [5, 5.41) is 8.94. The molecule has 112 valence electrons. The van der Waals surface area contributed by atoms with Gasteiger partial charge in [0.15, 0.2) is 0 Å². The molecule has 1 heterocycles. The smallest absolute Gasteiger partial charge is 0.240 e. The summed E-state index contributed by atoms with van der Waals surface area (Å²) in [5.74, 6) is 0.638. The molecule has 0 radical (unpaired) electrons. The minimum absolute atomic E-state index is 0.0324. The van der Waals surface area contributed by atoms with E-state index in [1.54, 1.807) is 23.6 Å². The fourth-order valence-corrected chi connectivity index (χ4v) is 3.14. The van der Waals surface area contributed by atoms with Crippen molar-refractivity contribution in [3.8, 4) is 0 Å². The molecule has 0 saturated carbocycles. The fourth-order valence-electron chi connectivity index (χ4n) is 1.85. The van der Waals surface area contributed by atoms with E-state index in [9.17, 15) is 13.2 Å². The van der Waals surface area contributed by atoms with Crippen LogP contribution in [0, 0.1) is 5.92 Å². The number of nitrogens with zero attached hydrogens (tertiary/aromatic N) is 1. The van der Waals surface area contributed by atoms with Gasteiger partial charge in [-0.2, -0.15) is 11.8 Å². The van der Waals surface area contributed by atoms with Crippen molar-refractivity contribution in [2.24, 2.45) is 5.92 Å². The van der Waals surface area contributed by atoms with Crippen LogP contribution in [0.5, 0.6) is 0 Å². The maximum atomic E-state index is 12.2. The zero-order valence-electron chi connectivity index (χ0n) is 11.3. The molecule has 2 N–H and O–H groups in total. The van der Waals surface area contributed by atoms with E-state index in [1.807, 2.05) is 6.26 Å². The van der Waals surface area contributed by atoms with Crippen LogP contribution in [0.4, 0.5) is 0 Å². The number of likely N-dealkylation sites (tertiary alicyclic amines) is 1. The molecule has 0 aliphatic carbocycles. The second kappa shape index (κ2) is 7.47. The minimum Gasteiger partial charge on any atom is -0.396 e. The molecule has 1 amide bonds. The number of aliphatic hydroxyl groups excluding tert-OH is 1. The SMILES string of the molecule is CCS(=O)(=O)NC(CCSC)C(=O)N1CC(CO)C1. The summed E-state index contributed by atoms with van der Waals surface area (Å²) < 4.78 is 25.7. The van der Waals surface area contributed by atoms with Crippen molar-refractivity contribution in [2.75, 3.05) is 37.5 Å². The van der Waals surface area contributed by atoms with Crippen molar-refractivity contribution in [3.63, 3.8) is 0 Å². The van der Waals surface area contributed by atoms with Gasteiger partial charge in [-0.25, -0.2) is 13.1 Å². The summed E-state index contributed by atoms with van der Waals surface area (Å²) >= 11 is 1.58. The van der Waals surface area contributed by atoms with Crippen molar-refractivity contribution in [1.29, 1.82) is 0 Å². The Hall–Kier alpha value is -0.310. The first kappa shape index (κ1) is 16.7. The highest BCUT2D eigenvalue weighted by Gasteiger charge is 2.35. The van der Waals surface area contributed by atoms with Crippen LogP contribution in [0.15, 0.2) is 0 Å².